The third-order valence-electron chi connectivity index (χ3n) is 3.43. The molecule has 0 aliphatic carbocycles. The quantitative estimate of drug-likeness (QED) is 0.812. The molecule has 2 aromatic rings. The molecule has 1 unspecified atom stereocenters. The molecule has 1 N–H and O–H groups in total. The highest BCUT2D eigenvalue weighted by atomic mass is 16.1. The molecule has 1 aliphatic heterocycles. The lowest BCUT2D eigenvalue weighted by molar-refractivity contribution is -0.121. The average molecular weight is 237 g/mol. The number of rotatable bonds is 1. The number of hydrogen-bond acceptors (Lipinski definition) is 1. The minimum Gasteiger partial charge on any atom is -0.345 e. The summed E-state index contributed by atoms with van der Waals surface area (Å²) in [5.41, 5.74) is 3.62. The first kappa shape index (κ1) is 11.0. The first-order chi connectivity index (χ1) is 8.84. The molecule has 1 atom stereocenters. The number of fused-ring (bicyclic) bond motifs is 1. The van der Waals surface area contributed by atoms with E-state index in [1.807, 2.05) is 30.3 Å². The van der Waals surface area contributed by atoms with Gasteiger partial charge in [0, 0.05) is 6.42 Å². The molecule has 18 heavy (non-hydrogen) atoms. The number of carbonyl (C=O) groups is 1. The summed E-state index contributed by atoms with van der Waals surface area (Å²) in [6.07, 6.45) is 1.39. The first-order valence-corrected chi connectivity index (χ1v) is 6.27. The maximum atomic E-state index is 11.8. The third kappa shape index (κ3) is 2.02. The van der Waals surface area contributed by atoms with Crippen LogP contribution in [0.25, 0.3) is 0 Å². The Morgan fingerprint density at radius 2 is 1.61 bits per heavy atom. The lowest BCUT2D eigenvalue weighted by Gasteiger charge is -2.19. The Morgan fingerprint density at radius 1 is 0.889 bits per heavy atom. The van der Waals surface area contributed by atoms with Crippen LogP contribution in [0.3, 0.4) is 0 Å². The van der Waals surface area contributed by atoms with E-state index in [9.17, 15) is 4.79 Å². The van der Waals surface area contributed by atoms with E-state index in [2.05, 4.69) is 29.6 Å². The van der Waals surface area contributed by atoms with E-state index in [0.29, 0.717) is 6.42 Å². The van der Waals surface area contributed by atoms with Crippen LogP contribution in [0.4, 0.5) is 0 Å². The van der Waals surface area contributed by atoms with E-state index in [4.69, 9.17) is 0 Å². The van der Waals surface area contributed by atoms with Crippen LogP contribution in [-0.2, 0) is 11.2 Å². The maximum absolute atomic E-state index is 11.8. The van der Waals surface area contributed by atoms with Crippen LogP contribution in [-0.4, -0.2) is 5.91 Å². The Morgan fingerprint density at radius 3 is 2.44 bits per heavy atom. The van der Waals surface area contributed by atoms with Gasteiger partial charge in [0.05, 0.1) is 6.04 Å². The summed E-state index contributed by atoms with van der Waals surface area (Å²) in [5, 5.41) is 3.11. The van der Waals surface area contributed by atoms with Gasteiger partial charge >= 0.3 is 0 Å². The van der Waals surface area contributed by atoms with Crippen molar-refractivity contribution in [3.05, 3.63) is 71.3 Å². The van der Waals surface area contributed by atoms with Gasteiger partial charge in [-0.1, -0.05) is 54.6 Å². The summed E-state index contributed by atoms with van der Waals surface area (Å²) in [4.78, 5) is 11.8. The van der Waals surface area contributed by atoms with Gasteiger partial charge in [-0.05, 0) is 23.1 Å². The fourth-order valence-electron chi connectivity index (χ4n) is 2.51. The van der Waals surface area contributed by atoms with E-state index < -0.39 is 0 Å². The Hall–Kier alpha value is -2.09. The molecule has 90 valence electrons. The molecule has 3 rings (SSSR count). The summed E-state index contributed by atoms with van der Waals surface area (Å²) in [6.45, 7) is 0. The highest BCUT2D eigenvalue weighted by molar-refractivity contribution is 5.78. The standard InChI is InChI=1S/C16H15NO/c18-15-11-10-12-6-4-5-9-14(12)16(17-15)13-7-2-1-3-8-13/h1-9,16H,10-11H2,(H,17,18). The van der Waals surface area contributed by atoms with E-state index >= 15 is 0 Å². The van der Waals surface area contributed by atoms with Crippen LogP contribution in [0.2, 0.25) is 0 Å². The van der Waals surface area contributed by atoms with Gasteiger partial charge in [-0.3, -0.25) is 4.79 Å². The number of nitrogens with one attached hydrogen (secondary N) is 1. The van der Waals surface area contributed by atoms with Crippen molar-refractivity contribution in [1.29, 1.82) is 0 Å². The maximum Gasteiger partial charge on any atom is 0.221 e. The summed E-state index contributed by atoms with van der Waals surface area (Å²) in [6, 6.07) is 18.4. The fraction of sp³-hybridized carbons (Fsp3) is 0.188. The summed E-state index contributed by atoms with van der Waals surface area (Å²) >= 11 is 0. The third-order valence-corrected chi connectivity index (χ3v) is 3.43. The molecule has 1 heterocycles. The van der Waals surface area contributed by atoms with E-state index in [0.717, 1.165) is 12.0 Å². The second-order valence-corrected chi connectivity index (χ2v) is 4.61. The Bertz CT molecular complexity index is 562. The van der Waals surface area contributed by atoms with Gasteiger partial charge in [0.1, 0.15) is 0 Å². The van der Waals surface area contributed by atoms with Gasteiger partial charge in [-0.15, -0.1) is 0 Å². The Labute approximate surface area is 107 Å². The second kappa shape index (κ2) is 4.65. The van der Waals surface area contributed by atoms with Gasteiger partial charge in [0.15, 0.2) is 0 Å². The molecule has 0 fully saturated rings. The molecule has 2 nitrogen and oxygen atoms in total. The van der Waals surface area contributed by atoms with Gasteiger partial charge < -0.3 is 5.32 Å². The molecule has 1 amide bonds. The van der Waals surface area contributed by atoms with Crippen LogP contribution in [0.1, 0.15) is 29.2 Å². The van der Waals surface area contributed by atoms with Gasteiger partial charge in [-0.25, -0.2) is 0 Å². The van der Waals surface area contributed by atoms with Gasteiger partial charge in [-0.2, -0.15) is 0 Å². The number of carbonyl (C=O) groups excluding carboxylic acids is 1. The van der Waals surface area contributed by atoms with Crippen molar-refractivity contribution in [2.45, 2.75) is 18.9 Å². The van der Waals surface area contributed by atoms with Crippen LogP contribution >= 0.6 is 0 Å². The lowest BCUT2D eigenvalue weighted by Crippen LogP contribution is -2.27. The summed E-state index contributed by atoms with van der Waals surface area (Å²) in [5.74, 6) is 0.125. The molecular weight excluding hydrogens is 222 g/mol. The summed E-state index contributed by atoms with van der Waals surface area (Å²) in [7, 11) is 0. The van der Waals surface area contributed by atoms with Gasteiger partial charge in [0.25, 0.3) is 0 Å². The molecule has 0 saturated carbocycles. The molecule has 1 aliphatic rings. The molecule has 0 saturated heterocycles. The van der Waals surface area contributed by atoms with Gasteiger partial charge in [0.2, 0.25) is 5.91 Å². The number of aryl methyl sites for hydroxylation is 1. The fourth-order valence-corrected chi connectivity index (χ4v) is 2.51. The lowest BCUT2D eigenvalue weighted by atomic mass is 9.94. The molecule has 2 heteroatoms. The number of amides is 1. The van der Waals surface area contributed by atoms with Crippen molar-refractivity contribution in [3.8, 4) is 0 Å². The van der Waals surface area contributed by atoms with Crippen molar-refractivity contribution < 1.29 is 4.79 Å². The van der Waals surface area contributed by atoms with Crippen LogP contribution < -0.4 is 5.32 Å². The minimum absolute atomic E-state index is 0.0163. The van der Waals surface area contributed by atoms with Crippen molar-refractivity contribution in [3.63, 3.8) is 0 Å². The van der Waals surface area contributed by atoms with E-state index in [1.165, 1.54) is 11.1 Å². The van der Waals surface area contributed by atoms with Crippen molar-refractivity contribution >= 4 is 5.91 Å². The average Bonchev–Trinajstić information content (AvgIpc) is 2.60. The zero-order valence-corrected chi connectivity index (χ0v) is 10.1. The Kier molecular flexibility index (Phi) is 2.85. The van der Waals surface area contributed by atoms with E-state index in [1.54, 1.807) is 0 Å². The highest BCUT2D eigenvalue weighted by Gasteiger charge is 2.22. The highest BCUT2D eigenvalue weighted by Crippen LogP contribution is 2.28. The minimum atomic E-state index is -0.0163. The molecular formula is C16H15NO. The molecule has 0 bridgehead atoms. The van der Waals surface area contributed by atoms with Crippen molar-refractivity contribution in [1.82, 2.24) is 5.32 Å². The molecule has 0 radical (unpaired) electrons. The van der Waals surface area contributed by atoms with Crippen LogP contribution in [0.15, 0.2) is 54.6 Å². The second-order valence-electron chi connectivity index (χ2n) is 4.61. The van der Waals surface area contributed by atoms with E-state index in [-0.39, 0.29) is 11.9 Å². The SMILES string of the molecule is O=C1CCc2ccccc2C(c2ccccc2)N1. The van der Waals surface area contributed by atoms with Crippen molar-refractivity contribution in [2.24, 2.45) is 0 Å². The molecule has 2 aromatic carbocycles. The summed E-state index contributed by atoms with van der Waals surface area (Å²) < 4.78 is 0. The largest absolute Gasteiger partial charge is 0.345 e. The van der Waals surface area contributed by atoms with Crippen molar-refractivity contribution in [2.75, 3.05) is 0 Å². The monoisotopic (exact) mass is 237 g/mol. The predicted molar refractivity (Wildman–Crippen MR) is 71.2 cm³/mol. The normalized spacial score (nSPS) is 18.7. The topological polar surface area (TPSA) is 29.1 Å². The zero-order chi connectivity index (χ0) is 12.4. The number of hydrogen-bond donors (Lipinski definition) is 1. The van der Waals surface area contributed by atoms with Crippen LogP contribution in [0, 0.1) is 0 Å². The molecule has 0 spiro atoms. The smallest absolute Gasteiger partial charge is 0.221 e. The molecule has 0 aromatic heterocycles. The zero-order valence-electron chi connectivity index (χ0n) is 10.1. The Balaban J connectivity index is 2.09. The first-order valence-electron chi connectivity index (χ1n) is 6.27. The van der Waals surface area contributed by atoms with Crippen LogP contribution in [0.5, 0.6) is 0 Å². The predicted octanol–water partition coefficient (Wildman–Crippen LogP) is 2.84. The number of benzene rings is 2.